The minimum Gasteiger partial charge on any atom is -0.477 e. The van der Waals surface area contributed by atoms with Crippen LogP contribution in [0.1, 0.15) is 29.8 Å². The summed E-state index contributed by atoms with van der Waals surface area (Å²) in [5, 5.41) is 8.70. The minimum absolute atomic E-state index is 0.0337. The average Bonchev–Trinajstić information content (AvgIpc) is 2.16. The highest BCUT2D eigenvalue weighted by atomic mass is 16.5. The first-order valence-electron chi connectivity index (χ1n) is 4.94. The molecule has 1 aliphatic carbocycles. The number of nitrogens with zero attached hydrogens (tertiary/aromatic N) is 2. The van der Waals surface area contributed by atoms with Crippen molar-refractivity contribution in [2.45, 2.75) is 19.3 Å². The molecule has 1 aromatic heterocycles. The molecular formula is C10H12N2O3. The number of carboxylic acids is 1. The third-order valence-electron chi connectivity index (χ3n) is 2.55. The van der Waals surface area contributed by atoms with E-state index in [-0.39, 0.29) is 5.69 Å². The average molecular weight is 208 g/mol. The zero-order valence-corrected chi connectivity index (χ0v) is 8.22. The van der Waals surface area contributed by atoms with Crippen molar-refractivity contribution >= 4 is 5.97 Å². The quantitative estimate of drug-likeness (QED) is 0.808. The Bertz CT molecular complexity index is 363. The van der Waals surface area contributed by atoms with Gasteiger partial charge in [0.2, 0.25) is 5.88 Å². The van der Waals surface area contributed by atoms with Crippen molar-refractivity contribution in [3.63, 3.8) is 0 Å². The number of rotatable bonds is 4. The van der Waals surface area contributed by atoms with Gasteiger partial charge in [0.1, 0.15) is 6.33 Å². The lowest BCUT2D eigenvalue weighted by atomic mass is 9.86. The number of aromatic carboxylic acids is 1. The largest absolute Gasteiger partial charge is 0.477 e. The van der Waals surface area contributed by atoms with Gasteiger partial charge in [0.25, 0.3) is 0 Å². The topological polar surface area (TPSA) is 72.3 Å². The zero-order valence-electron chi connectivity index (χ0n) is 8.22. The summed E-state index contributed by atoms with van der Waals surface area (Å²) in [6.07, 6.45) is 4.85. The summed E-state index contributed by atoms with van der Waals surface area (Å²) in [6, 6.07) is 1.35. The molecule has 0 saturated heterocycles. The molecule has 0 aliphatic heterocycles. The van der Waals surface area contributed by atoms with E-state index < -0.39 is 5.97 Å². The van der Waals surface area contributed by atoms with Crippen molar-refractivity contribution in [3.8, 4) is 5.88 Å². The van der Waals surface area contributed by atoms with Gasteiger partial charge in [0, 0.05) is 6.07 Å². The molecule has 1 heterocycles. The molecule has 80 valence electrons. The molecule has 1 aliphatic rings. The Hall–Kier alpha value is -1.65. The molecule has 2 rings (SSSR count). The Kier molecular flexibility index (Phi) is 2.80. The summed E-state index contributed by atoms with van der Waals surface area (Å²) in [7, 11) is 0. The van der Waals surface area contributed by atoms with Crippen molar-refractivity contribution in [3.05, 3.63) is 18.1 Å². The Balaban J connectivity index is 1.94. The molecule has 0 unspecified atom stereocenters. The summed E-state index contributed by atoms with van der Waals surface area (Å²) in [5.74, 6) is -0.117. The van der Waals surface area contributed by atoms with Gasteiger partial charge < -0.3 is 9.84 Å². The second-order valence-electron chi connectivity index (χ2n) is 3.65. The van der Waals surface area contributed by atoms with E-state index in [0.29, 0.717) is 18.4 Å². The summed E-state index contributed by atoms with van der Waals surface area (Å²) in [6.45, 7) is 0.621. The second kappa shape index (κ2) is 4.25. The van der Waals surface area contributed by atoms with E-state index in [1.54, 1.807) is 0 Å². The van der Waals surface area contributed by atoms with Crippen LogP contribution in [0, 0.1) is 5.92 Å². The Morgan fingerprint density at radius 3 is 2.93 bits per heavy atom. The number of carbonyl (C=O) groups is 1. The van der Waals surface area contributed by atoms with Crippen LogP contribution in [0.4, 0.5) is 0 Å². The van der Waals surface area contributed by atoms with E-state index in [2.05, 4.69) is 9.97 Å². The highest BCUT2D eigenvalue weighted by Crippen LogP contribution is 2.26. The Labute approximate surface area is 87.1 Å². The normalized spacial score (nSPS) is 15.7. The van der Waals surface area contributed by atoms with Crippen LogP contribution >= 0.6 is 0 Å². The van der Waals surface area contributed by atoms with Crippen LogP contribution in [0.2, 0.25) is 0 Å². The first-order chi connectivity index (χ1) is 7.25. The number of hydrogen-bond donors (Lipinski definition) is 1. The van der Waals surface area contributed by atoms with Crippen molar-refractivity contribution in [1.82, 2.24) is 9.97 Å². The van der Waals surface area contributed by atoms with Gasteiger partial charge in [-0.05, 0) is 18.8 Å². The fraction of sp³-hybridized carbons (Fsp3) is 0.500. The van der Waals surface area contributed by atoms with Gasteiger partial charge in [0.05, 0.1) is 6.61 Å². The van der Waals surface area contributed by atoms with E-state index >= 15 is 0 Å². The van der Waals surface area contributed by atoms with Crippen LogP contribution in [0.15, 0.2) is 12.4 Å². The number of carboxylic acid groups (broad SMARTS) is 1. The lowest BCUT2D eigenvalue weighted by molar-refractivity contribution is 0.0689. The Morgan fingerprint density at radius 2 is 2.33 bits per heavy atom. The van der Waals surface area contributed by atoms with E-state index in [4.69, 9.17) is 9.84 Å². The fourth-order valence-corrected chi connectivity index (χ4v) is 1.40. The second-order valence-corrected chi connectivity index (χ2v) is 3.65. The van der Waals surface area contributed by atoms with Crippen LogP contribution in [0.25, 0.3) is 0 Å². The summed E-state index contributed by atoms with van der Waals surface area (Å²) < 4.78 is 5.39. The summed E-state index contributed by atoms with van der Waals surface area (Å²) >= 11 is 0. The van der Waals surface area contributed by atoms with Crippen molar-refractivity contribution in [2.75, 3.05) is 6.61 Å². The molecular weight excluding hydrogens is 196 g/mol. The van der Waals surface area contributed by atoms with Gasteiger partial charge >= 0.3 is 5.97 Å². The fourth-order valence-electron chi connectivity index (χ4n) is 1.40. The third-order valence-corrected chi connectivity index (χ3v) is 2.55. The summed E-state index contributed by atoms with van der Waals surface area (Å²) in [4.78, 5) is 18.1. The van der Waals surface area contributed by atoms with Crippen LogP contribution in [-0.2, 0) is 0 Å². The molecule has 0 amide bonds. The number of hydrogen-bond acceptors (Lipinski definition) is 4. The first kappa shape index (κ1) is 9.89. The van der Waals surface area contributed by atoms with Gasteiger partial charge in [-0.2, -0.15) is 0 Å². The van der Waals surface area contributed by atoms with Crippen molar-refractivity contribution in [2.24, 2.45) is 5.92 Å². The van der Waals surface area contributed by atoms with Crippen LogP contribution in [-0.4, -0.2) is 27.7 Å². The predicted octanol–water partition coefficient (Wildman–Crippen LogP) is 1.35. The molecule has 0 atom stereocenters. The monoisotopic (exact) mass is 208 g/mol. The highest BCUT2D eigenvalue weighted by Gasteiger charge is 2.18. The maximum Gasteiger partial charge on any atom is 0.354 e. The molecule has 0 aromatic carbocycles. The molecule has 1 N–H and O–H groups in total. The van der Waals surface area contributed by atoms with Gasteiger partial charge in [-0.3, -0.25) is 0 Å². The van der Waals surface area contributed by atoms with Crippen molar-refractivity contribution in [1.29, 1.82) is 0 Å². The molecule has 1 fully saturated rings. The van der Waals surface area contributed by atoms with Gasteiger partial charge in [0.15, 0.2) is 5.69 Å². The maximum absolute atomic E-state index is 10.6. The smallest absolute Gasteiger partial charge is 0.354 e. The molecule has 15 heavy (non-hydrogen) atoms. The maximum atomic E-state index is 10.6. The third kappa shape index (κ3) is 2.43. The van der Waals surface area contributed by atoms with E-state index in [0.717, 1.165) is 0 Å². The van der Waals surface area contributed by atoms with Crippen LogP contribution in [0.5, 0.6) is 5.88 Å². The van der Waals surface area contributed by atoms with Gasteiger partial charge in [-0.1, -0.05) is 6.42 Å². The van der Waals surface area contributed by atoms with Gasteiger partial charge in [-0.25, -0.2) is 14.8 Å². The summed E-state index contributed by atoms with van der Waals surface area (Å²) in [5.41, 5.74) is -0.0337. The Morgan fingerprint density at radius 1 is 1.53 bits per heavy atom. The first-order valence-corrected chi connectivity index (χ1v) is 4.94. The van der Waals surface area contributed by atoms with Crippen LogP contribution < -0.4 is 4.74 Å². The lowest BCUT2D eigenvalue weighted by Crippen LogP contribution is -2.19. The van der Waals surface area contributed by atoms with Crippen LogP contribution in [0.3, 0.4) is 0 Å². The molecule has 0 radical (unpaired) electrons. The molecule has 1 aromatic rings. The minimum atomic E-state index is -1.06. The molecule has 1 saturated carbocycles. The van der Waals surface area contributed by atoms with Gasteiger partial charge in [-0.15, -0.1) is 0 Å². The zero-order chi connectivity index (χ0) is 10.7. The molecule has 0 spiro atoms. The predicted molar refractivity (Wildman–Crippen MR) is 51.8 cm³/mol. The van der Waals surface area contributed by atoms with E-state index in [1.165, 1.54) is 31.7 Å². The number of ether oxygens (including phenoxy) is 1. The standard InChI is InChI=1S/C10H12N2O3/c13-10(14)8-4-9(12-6-11-8)15-5-7-2-1-3-7/h4,6-7H,1-3,5H2,(H,13,14). The molecule has 5 heteroatoms. The molecule has 0 bridgehead atoms. The lowest BCUT2D eigenvalue weighted by Gasteiger charge is -2.24. The van der Waals surface area contributed by atoms with E-state index in [9.17, 15) is 4.79 Å². The number of aromatic nitrogens is 2. The molecule has 5 nitrogen and oxygen atoms in total. The van der Waals surface area contributed by atoms with E-state index in [1.807, 2.05) is 0 Å². The highest BCUT2D eigenvalue weighted by molar-refractivity contribution is 5.85. The SMILES string of the molecule is O=C(O)c1cc(OCC2CCC2)ncn1. The van der Waals surface area contributed by atoms with Crippen molar-refractivity contribution < 1.29 is 14.6 Å².